The highest BCUT2D eigenvalue weighted by molar-refractivity contribution is 6.36. The van der Waals surface area contributed by atoms with Crippen molar-refractivity contribution in [3.8, 4) is 0 Å². The Hall–Kier alpha value is -1.85. The third-order valence-corrected chi connectivity index (χ3v) is 3.15. The number of carbonyl (C=O) groups is 1. The van der Waals surface area contributed by atoms with Crippen LogP contribution in [0.4, 0.5) is 11.6 Å². The smallest absolute Gasteiger partial charge is 0.274 e. The number of hydrogen-bond donors (Lipinski definition) is 2. The van der Waals surface area contributed by atoms with Crippen LogP contribution in [-0.2, 0) is 0 Å². The van der Waals surface area contributed by atoms with Gasteiger partial charge in [0.2, 0.25) is 5.95 Å². The van der Waals surface area contributed by atoms with Gasteiger partial charge in [-0.3, -0.25) is 4.79 Å². The van der Waals surface area contributed by atoms with Crippen LogP contribution in [0.3, 0.4) is 0 Å². The first-order valence-corrected chi connectivity index (χ1v) is 7.19. The summed E-state index contributed by atoms with van der Waals surface area (Å²) in [4.78, 5) is 20.4. The van der Waals surface area contributed by atoms with E-state index in [1.54, 1.807) is 18.2 Å². The van der Waals surface area contributed by atoms with Gasteiger partial charge in [0.15, 0.2) is 0 Å². The van der Waals surface area contributed by atoms with Crippen molar-refractivity contribution in [1.82, 2.24) is 9.97 Å². The van der Waals surface area contributed by atoms with Gasteiger partial charge in [0.1, 0.15) is 5.69 Å². The minimum atomic E-state index is -0.360. The van der Waals surface area contributed by atoms with Gasteiger partial charge in [0.05, 0.1) is 10.7 Å². The highest BCUT2D eigenvalue weighted by Gasteiger charge is 2.11. The quantitative estimate of drug-likeness (QED) is 0.876. The van der Waals surface area contributed by atoms with E-state index in [0.717, 1.165) is 13.0 Å². The zero-order valence-corrected chi connectivity index (χ0v) is 12.9. The van der Waals surface area contributed by atoms with Gasteiger partial charge in [-0.25, -0.2) is 9.97 Å². The van der Waals surface area contributed by atoms with Gasteiger partial charge in [-0.05, 0) is 30.7 Å². The number of carbonyl (C=O) groups excluding carboxylic acids is 1. The van der Waals surface area contributed by atoms with Crippen molar-refractivity contribution in [2.75, 3.05) is 17.2 Å². The predicted molar refractivity (Wildman–Crippen MR) is 85.2 cm³/mol. The molecule has 2 rings (SSSR count). The summed E-state index contributed by atoms with van der Waals surface area (Å²) in [5.41, 5.74) is 0.738. The summed E-state index contributed by atoms with van der Waals surface area (Å²) in [7, 11) is 0. The standard InChI is InChI=1S/C14H14Cl2N4O/c1-2-6-17-14-18-7-5-12(20-14)13(21)19-11-4-3-9(15)8-10(11)16/h3-5,7-8H,2,6H2,1H3,(H,19,21)(H,17,18,20). The first-order valence-electron chi connectivity index (χ1n) is 6.43. The molecule has 0 aliphatic carbocycles. The Balaban J connectivity index is 2.12. The number of rotatable bonds is 5. The molecule has 7 heteroatoms. The number of halogens is 2. The first-order chi connectivity index (χ1) is 10.1. The Kier molecular flexibility index (Phi) is 5.36. The lowest BCUT2D eigenvalue weighted by atomic mass is 10.3. The van der Waals surface area contributed by atoms with Gasteiger partial charge in [-0.2, -0.15) is 0 Å². The third kappa shape index (κ3) is 4.31. The van der Waals surface area contributed by atoms with Gasteiger partial charge in [-0.15, -0.1) is 0 Å². The van der Waals surface area contributed by atoms with Gasteiger partial charge >= 0.3 is 0 Å². The molecule has 0 fully saturated rings. The van der Waals surface area contributed by atoms with Crippen LogP contribution in [-0.4, -0.2) is 22.4 Å². The van der Waals surface area contributed by atoms with Crippen LogP contribution < -0.4 is 10.6 Å². The van der Waals surface area contributed by atoms with Crippen molar-refractivity contribution < 1.29 is 4.79 Å². The molecular weight excluding hydrogens is 311 g/mol. The van der Waals surface area contributed by atoms with Crippen LogP contribution in [0.1, 0.15) is 23.8 Å². The number of benzene rings is 1. The number of nitrogens with one attached hydrogen (secondary N) is 2. The molecule has 0 spiro atoms. The van der Waals surface area contributed by atoms with Crippen molar-refractivity contribution in [3.05, 3.63) is 46.2 Å². The van der Waals surface area contributed by atoms with Crippen LogP contribution in [0.2, 0.25) is 10.0 Å². The number of amides is 1. The van der Waals surface area contributed by atoms with Gasteiger partial charge in [0, 0.05) is 17.8 Å². The highest BCUT2D eigenvalue weighted by Crippen LogP contribution is 2.25. The van der Waals surface area contributed by atoms with Crippen molar-refractivity contribution in [2.45, 2.75) is 13.3 Å². The van der Waals surface area contributed by atoms with Crippen molar-refractivity contribution in [1.29, 1.82) is 0 Å². The molecule has 1 heterocycles. The molecule has 0 aliphatic heterocycles. The Morgan fingerprint density at radius 1 is 1.29 bits per heavy atom. The van der Waals surface area contributed by atoms with E-state index in [9.17, 15) is 4.79 Å². The Morgan fingerprint density at radius 3 is 2.81 bits per heavy atom. The van der Waals surface area contributed by atoms with E-state index in [4.69, 9.17) is 23.2 Å². The highest BCUT2D eigenvalue weighted by atomic mass is 35.5. The average molecular weight is 325 g/mol. The predicted octanol–water partition coefficient (Wildman–Crippen LogP) is 3.86. The van der Waals surface area contributed by atoms with E-state index in [1.807, 2.05) is 6.92 Å². The molecule has 0 atom stereocenters. The normalized spacial score (nSPS) is 10.2. The lowest BCUT2D eigenvalue weighted by Crippen LogP contribution is -2.15. The summed E-state index contributed by atoms with van der Waals surface area (Å²) in [5.74, 6) is 0.0628. The number of hydrogen-bond acceptors (Lipinski definition) is 4. The summed E-state index contributed by atoms with van der Waals surface area (Å²) >= 11 is 11.8. The molecule has 110 valence electrons. The maximum Gasteiger partial charge on any atom is 0.274 e. The fourth-order valence-electron chi connectivity index (χ4n) is 1.58. The van der Waals surface area contributed by atoms with Crippen molar-refractivity contribution in [2.24, 2.45) is 0 Å². The second kappa shape index (κ2) is 7.24. The fraction of sp³-hybridized carbons (Fsp3) is 0.214. The number of aromatic nitrogens is 2. The molecule has 0 aliphatic rings. The summed E-state index contributed by atoms with van der Waals surface area (Å²) in [5, 5.41) is 6.59. The van der Waals surface area contributed by atoms with Gasteiger partial charge in [-0.1, -0.05) is 30.1 Å². The zero-order chi connectivity index (χ0) is 15.2. The van der Waals surface area contributed by atoms with Crippen LogP contribution in [0, 0.1) is 0 Å². The second-order valence-corrected chi connectivity index (χ2v) is 5.11. The van der Waals surface area contributed by atoms with E-state index < -0.39 is 0 Å². The molecular formula is C14H14Cl2N4O. The summed E-state index contributed by atoms with van der Waals surface area (Å²) < 4.78 is 0. The Labute approximate surface area is 132 Å². The van der Waals surface area contributed by atoms with Crippen LogP contribution in [0.15, 0.2) is 30.5 Å². The first kappa shape index (κ1) is 15.5. The van der Waals surface area contributed by atoms with E-state index in [0.29, 0.717) is 21.7 Å². The van der Waals surface area contributed by atoms with E-state index in [1.165, 1.54) is 12.3 Å². The topological polar surface area (TPSA) is 66.9 Å². The molecule has 0 saturated carbocycles. The van der Waals surface area contributed by atoms with Crippen LogP contribution >= 0.6 is 23.2 Å². The molecule has 0 saturated heterocycles. The minimum absolute atomic E-state index is 0.259. The van der Waals surface area contributed by atoms with E-state index in [2.05, 4.69) is 20.6 Å². The molecule has 2 aromatic rings. The summed E-state index contributed by atoms with van der Waals surface area (Å²) in [6.07, 6.45) is 2.48. The Bertz CT molecular complexity index is 649. The molecule has 2 N–H and O–H groups in total. The number of anilines is 2. The summed E-state index contributed by atoms with van der Waals surface area (Å²) in [6, 6.07) is 6.39. The molecule has 0 radical (unpaired) electrons. The molecule has 5 nitrogen and oxygen atoms in total. The third-order valence-electron chi connectivity index (χ3n) is 2.60. The van der Waals surface area contributed by atoms with Crippen LogP contribution in [0.5, 0.6) is 0 Å². The van der Waals surface area contributed by atoms with E-state index >= 15 is 0 Å². The molecule has 1 aromatic carbocycles. The van der Waals surface area contributed by atoms with Crippen LogP contribution in [0.25, 0.3) is 0 Å². The SMILES string of the molecule is CCCNc1nccc(C(=O)Nc2ccc(Cl)cc2Cl)n1. The van der Waals surface area contributed by atoms with Crippen molar-refractivity contribution in [3.63, 3.8) is 0 Å². The maximum atomic E-state index is 12.2. The lowest BCUT2D eigenvalue weighted by Gasteiger charge is -2.08. The summed E-state index contributed by atoms with van der Waals surface area (Å²) in [6.45, 7) is 2.78. The van der Waals surface area contributed by atoms with Crippen molar-refractivity contribution >= 4 is 40.7 Å². The average Bonchev–Trinajstić information content (AvgIpc) is 2.48. The second-order valence-electron chi connectivity index (χ2n) is 4.27. The monoisotopic (exact) mass is 324 g/mol. The molecule has 21 heavy (non-hydrogen) atoms. The largest absolute Gasteiger partial charge is 0.354 e. The fourth-order valence-corrected chi connectivity index (χ4v) is 2.04. The number of nitrogens with zero attached hydrogens (tertiary/aromatic N) is 2. The molecule has 1 aromatic heterocycles. The van der Waals surface area contributed by atoms with Gasteiger partial charge < -0.3 is 10.6 Å². The van der Waals surface area contributed by atoms with Gasteiger partial charge in [0.25, 0.3) is 5.91 Å². The molecule has 0 unspecified atom stereocenters. The Morgan fingerprint density at radius 2 is 2.10 bits per heavy atom. The lowest BCUT2D eigenvalue weighted by molar-refractivity contribution is 0.102. The molecule has 1 amide bonds. The van der Waals surface area contributed by atoms with E-state index in [-0.39, 0.29) is 11.6 Å². The maximum absolute atomic E-state index is 12.2. The molecule has 0 bridgehead atoms. The zero-order valence-electron chi connectivity index (χ0n) is 11.4. The minimum Gasteiger partial charge on any atom is -0.354 e.